The van der Waals surface area contributed by atoms with E-state index in [1.807, 2.05) is 0 Å². The van der Waals surface area contributed by atoms with Gasteiger partial charge in [-0.3, -0.25) is 14.9 Å². The molecule has 0 fully saturated rings. The SMILES string of the molecule is CN(CCCCOc1cc(C(N)=O)cc([N+](=O)[O-])c1Cl)C(=O)OC(C)(C)C. The molecule has 0 spiro atoms. The zero-order valence-electron chi connectivity index (χ0n) is 15.8. The number of halogens is 1. The minimum Gasteiger partial charge on any atom is -0.492 e. The van der Waals surface area contributed by atoms with Gasteiger partial charge in [-0.05, 0) is 39.7 Å². The van der Waals surface area contributed by atoms with Crippen LogP contribution in [-0.4, -0.2) is 47.6 Å². The predicted molar refractivity (Wildman–Crippen MR) is 100 cm³/mol. The van der Waals surface area contributed by atoms with E-state index in [1.54, 1.807) is 27.8 Å². The molecule has 10 heteroatoms. The Balaban J connectivity index is 2.58. The summed E-state index contributed by atoms with van der Waals surface area (Å²) >= 11 is 5.96. The molecule has 0 aliphatic rings. The van der Waals surface area contributed by atoms with Crippen molar-refractivity contribution in [1.29, 1.82) is 0 Å². The number of hydrogen-bond acceptors (Lipinski definition) is 6. The number of ether oxygens (including phenoxy) is 2. The number of amides is 2. The van der Waals surface area contributed by atoms with Gasteiger partial charge in [0.2, 0.25) is 5.91 Å². The molecule has 0 radical (unpaired) electrons. The number of carbonyl (C=O) groups excluding carboxylic acids is 2. The van der Waals surface area contributed by atoms with Gasteiger partial charge in [0.1, 0.15) is 11.4 Å². The molecular formula is C17H24ClN3O6. The van der Waals surface area contributed by atoms with Crippen molar-refractivity contribution < 1.29 is 24.0 Å². The molecule has 2 amide bonds. The number of nitro benzene ring substituents is 1. The summed E-state index contributed by atoms with van der Waals surface area (Å²) in [6, 6.07) is 2.28. The molecule has 1 aromatic rings. The van der Waals surface area contributed by atoms with E-state index in [1.165, 1.54) is 11.0 Å². The second-order valence-corrected chi connectivity index (χ2v) is 7.26. The minimum atomic E-state index is -0.821. The highest BCUT2D eigenvalue weighted by Crippen LogP contribution is 2.35. The first-order valence-corrected chi connectivity index (χ1v) is 8.65. The van der Waals surface area contributed by atoms with Crippen LogP contribution in [0.1, 0.15) is 44.0 Å². The fraction of sp³-hybridized carbons (Fsp3) is 0.529. The number of nitro groups is 1. The van der Waals surface area contributed by atoms with E-state index < -0.39 is 28.2 Å². The standard InChI is InChI=1S/C17H24ClN3O6/c1-17(2,3)27-16(23)20(4)7-5-6-8-26-13-10-11(15(19)22)9-12(14(13)18)21(24)25/h9-10H,5-8H2,1-4H3,(H2,19,22). The van der Waals surface area contributed by atoms with Crippen LogP contribution in [0.3, 0.4) is 0 Å². The second kappa shape index (κ2) is 9.40. The molecule has 0 heterocycles. The third kappa shape index (κ3) is 7.30. The highest BCUT2D eigenvalue weighted by atomic mass is 35.5. The van der Waals surface area contributed by atoms with Crippen LogP contribution < -0.4 is 10.5 Å². The summed E-state index contributed by atoms with van der Waals surface area (Å²) in [5.41, 5.74) is 4.09. The molecule has 1 aromatic carbocycles. The van der Waals surface area contributed by atoms with Crippen LogP contribution in [0.5, 0.6) is 5.75 Å². The van der Waals surface area contributed by atoms with Gasteiger partial charge in [0.05, 0.1) is 11.5 Å². The van der Waals surface area contributed by atoms with Crippen LogP contribution in [0, 0.1) is 10.1 Å². The molecule has 150 valence electrons. The van der Waals surface area contributed by atoms with Crippen LogP contribution >= 0.6 is 11.6 Å². The Morgan fingerprint density at radius 3 is 2.44 bits per heavy atom. The van der Waals surface area contributed by atoms with Crippen LogP contribution in [0.4, 0.5) is 10.5 Å². The molecule has 9 nitrogen and oxygen atoms in total. The van der Waals surface area contributed by atoms with Crippen LogP contribution in [0.15, 0.2) is 12.1 Å². The van der Waals surface area contributed by atoms with Gasteiger partial charge in [0.25, 0.3) is 5.69 Å². The summed E-state index contributed by atoms with van der Waals surface area (Å²) in [5.74, 6) is -0.807. The molecule has 0 saturated heterocycles. The van der Waals surface area contributed by atoms with Gasteiger partial charge < -0.3 is 20.1 Å². The molecular weight excluding hydrogens is 378 g/mol. The molecule has 0 bridgehead atoms. The average molecular weight is 402 g/mol. The molecule has 0 aliphatic carbocycles. The van der Waals surface area contributed by atoms with E-state index in [-0.39, 0.29) is 22.9 Å². The number of unbranched alkanes of at least 4 members (excludes halogenated alkanes) is 1. The molecule has 0 saturated carbocycles. The van der Waals surface area contributed by atoms with Crippen molar-refractivity contribution in [2.45, 2.75) is 39.2 Å². The third-order valence-electron chi connectivity index (χ3n) is 3.35. The summed E-state index contributed by atoms with van der Waals surface area (Å²) in [5, 5.41) is 10.8. The predicted octanol–water partition coefficient (Wildman–Crippen LogP) is 3.37. The first kappa shape index (κ1) is 22.5. The number of primary amides is 1. The zero-order chi connectivity index (χ0) is 20.8. The molecule has 0 aromatic heterocycles. The lowest BCUT2D eigenvalue weighted by Gasteiger charge is -2.24. The van der Waals surface area contributed by atoms with E-state index >= 15 is 0 Å². The molecule has 27 heavy (non-hydrogen) atoms. The maximum Gasteiger partial charge on any atom is 0.410 e. The Morgan fingerprint density at radius 2 is 1.93 bits per heavy atom. The lowest BCUT2D eigenvalue weighted by Crippen LogP contribution is -2.34. The monoisotopic (exact) mass is 401 g/mol. The summed E-state index contributed by atoms with van der Waals surface area (Å²) in [6.45, 7) is 6.01. The van der Waals surface area contributed by atoms with Crippen LogP contribution in [0.2, 0.25) is 5.02 Å². The minimum absolute atomic E-state index is 0.0140. The normalized spacial score (nSPS) is 11.0. The smallest absolute Gasteiger partial charge is 0.410 e. The van der Waals surface area contributed by atoms with E-state index in [2.05, 4.69) is 0 Å². The molecule has 0 atom stereocenters. The van der Waals surface area contributed by atoms with Gasteiger partial charge in [-0.2, -0.15) is 0 Å². The molecule has 0 unspecified atom stereocenters. The summed E-state index contributed by atoms with van der Waals surface area (Å²) in [4.78, 5) is 34.9. The van der Waals surface area contributed by atoms with Gasteiger partial charge in [0.15, 0.2) is 5.02 Å². The van der Waals surface area contributed by atoms with Crippen molar-refractivity contribution in [3.8, 4) is 5.75 Å². The van der Waals surface area contributed by atoms with Crippen molar-refractivity contribution in [3.63, 3.8) is 0 Å². The van der Waals surface area contributed by atoms with E-state index in [9.17, 15) is 19.7 Å². The van der Waals surface area contributed by atoms with Gasteiger partial charge in [0, 0.05) is 25.2 Å². The molecule has 1 rings (SSSR count). The number of carbonyl (C=O) groups is 2. The molecule has 2 N–H and O–H groups in total. The Bertz CT molecular complexity index is 717. The number of hydrogen-bond donors (Lipinski definition) is 1. The van der Waals surface area contributed by atoms with E-state index in [0.29, 0.717) is 19.4 Å². The van der Waals surface area contributed by atoms with Gasteiger partial charge in [-0.25, -0.2) is 4.79 Å². The fourth-order valence-electron chi connectivity index (χ4n) is 2.03. The van der Waals surface area contributed by atoms with Crippen LogP contribution in [-0.2, 0) is 4.74 Å². The summed E-state index contributed by atoms with van der Waals surface area (Å²) in [6.07, 6.45) is 0.750. The van der Waals surface area contributed by atoms with Gasteiger partial charge in [-0.1, -0.05) is 11.6 Å². The van der Waals surface area contributed by atoms with Gasteiger partial charge >= 0.3 is 6.09 Å². The largest absolute Gasteiger partial charge is 0.492 e. The van der Waals surface area contributed by atoms with Crippen molar-refractivity contribution >= 4 is 29.3 Å². The molecule has 0 aliphatic heterocycles. The fourth-order valence-corrected chi connectivity index (χ4v) is 2.26. The lowest BCUT2D eigenvalue weighted by molar-refractivity contribution is -0.384. The first-order chi connectivity index (χ1) is 12.4. The van der Waals surface area contributed by atoms with Crippen molar-refractivity contribution in [1.82, 2.24) is 4.90 Å². The Kier molecular flexibility index (Phi) is 7.83. The topological polar surface area (TPSA) is 125 Å². The highest BCUT2D eigenvalue weighted by molar-refractivity contribution is 6.34. The first-order valence-electron chi connectivity index (χ1n) is 8.27. The number of benzene rings is 1. The Hall–Kier alpha value is -2.55. The van der Waals surface area contributed by atoms with Crippen molar-refractivity contribution in [2.75, 3.05) is 20.2 Å². The average Bonchev–Trinajstić information content (AvgIpc) is 2.53. The van der Waals surface area contributed by atoms with Gasteiger partial charge in [-0.15, -0.1) is 0 Å². The maximum absolute atomic E-state index is 11.8. The Labute approximate surface area is 162 Å². The second-order valence-electron chi connectivity index (χ2n) is 6.89. The number of rotatable bonds is 8. The zero-order valence-corrected chi connectivity index (χ0v) is 16.5. The summed E-state index contributed by atoms with van der Waals surface area (Å²) < 4.78 is 10.7. The van der Waals surface area contributed by atoms with E-state index in [4.69, 9.17) is 26.8 Å². The number of nitrogens with zero attached hydrogens (tertiary/aromatic N) is 2. The van der Waals surface area contributed by atoms with Crippen molar-refractivity contribution in [2.24, 2.45) is 5.73 Å². The highest BCUT2D eigenvalue weighted by Gasteiger charge is 2.21. The van der Waals surface area contributed by atoms with Crippen LogP contribution in [0.25, 0.3) is 0 Å². The third-order valence-corrected chi connectivity index (χ3v) is 3.73. The quantitative estimate of drug-likeness (QED) is 0.404. The lowest BCUT2D eigenvalue weighted by atomic mass is 10.2. The number of nitrogens with two attached hydrogens (primary N) is 1. The summed E-state index contributed by atoms with van der Waals surface area (Å²) in [7, 11) is 1.63. The van der Waals surface area contributed by atoms with E-state index in [0.717, 1.165) is 6.07 Å². The maximum atomic E-state index is 11.8. The van der Waals surface area contributed by atoms with Crippen molar-refractivity contribution in [3.05, 3.63) is 32.8 Å². The Morgan fingerprint density at radius 1 is 1.30 bits per heavy atom.